The van der Waals surface area contributed by atoms with Crippen molar-refractivity contribution in [3.63, 3.8) is 0 Å². The number of hydrogen-bond donors (Lipinski definition) is 4. The van der Waals surface area contributed by atoms with E-state index in [1.165, 1.54) is 12.1 Å². The number of carboxylic acid groups (broad SMARTS) is 1. The molecule has 0 saturated carbocycles. The predicted octanol–water partition coefficient (Wildman–Crippen LogP) is 3.21. The number of aliphatic hydroxyl groups is 1. The first-order chi connectivity index (χ1) is 14.4. The molecule has 1 aromatic rings. The van der Waals surface area contributed by atoms with Crippen LogP contribution in [0, 0.1) is 11.8 Å². The fourth-order valence-electron chi connectivity index (χ4n) is 3.63. The molecule has 0 radical (unpaired) electrons. The number of rotatable bonds is 3. The van der Waals surface area contributed by atoms with E-state index in [9.17, 15) is 28.2 Å². The number of phenols is 1. The summed E-state index contributed by atoms with van der Waals surface area (Å²) in [6.45, 7) is 2.90. The molecule has 0 spiro atoms. The van der Waals surface area contributed by atoms with Crippen LogP contribution in [0.3, 0.4) is 0 Å². The number of phenolic OH excluding ortho intramolecular Hbond substituents is 1. The minimum atomic E-state index is -5.08. The topological polar surface area (TPSA) is 110 Å². The van der Waals surface area contributed by atoms with Crippen molar-refractivity contribution >= 4 is 35.1 Å². The number of carbonyl (C=O) groups is 2. The third-order valence-electron chi connectivity index (χ3n) is 5.36. The molecule has 2 saturated heterocycles. The van der Waals surface area contributed by atoms with E-state index in [1.54, 1.807) is 0 Å². The van der Waals surface area contributed by atoms with Crippen molar-refractivity contribution in [2.24, 2.45) is 11.8 Å². The molecule has 12 heteroatoms. The van der Waals surface area contributed by atoms with Gasteiger partial charge in [0, 0.05) is 25.2 Å². The SMILES string of the molecule is O=C(O)C(F)(F)F.O=C([C@@H]1CCNC1)N1CCC(C(O)c2c(O)ccc(Cl)c2Cl)CC1. The van der Waals surface area contributed by atoms with Gasteiger partial charge >= 0.3 is 12.1 Å². The van der Waals surface area contributed by atoms with Crippen molar-refractivity contribution in [1.29, 1.82) is 0 Å². The summed E-state index contributed by atoms with van der Waals surface area (Å²) < 4.78 is 31.7. The fraction of sp³-hybridized carbons (Fsp3) is 0.579. The number of halogens is 5. The van der Waals surface area contributed by atoms with Crippen LogP contribution in [-0.2, 0) is 9.59 Å². The zero-order chi connectivity index (χ0) is 23.3. The Kier molecular flexibility index (Phi) is 8.82. The number of amides is 1. The van der Waals surface area contributed by atoms with Crippen LogP contribution in [0.1, 0.15) is 30.9 Å². The molecule has 174 valence electrons. The van der Waals surface area contributed by atoms with Gasteiger partial charge in [0.1, 0.15) is 5.75 Å². The van der Waals surface area contributed by atoms with Crippen molar-refractivity contribution in [1.82, 2.24) is 10.2 Å². The molecule has 2 aliphatic heterocycles. The van der Waals surface area contributed by atoms with E-state index < -0.39 is 18.2 Å². The average molecular weight is 487 g/mol. The van der Waals surface area contributed by atoms with Crippen molar-refractivity contribution in [2.45, 2.75) is 31.5 Å². The molecular weight excluding hydrogens is 464 g/mol. The van der Waals surface area contributed by atoms with E-state index >= 15 is 0 Å². The number of aromatic hydroxyl groups is 1. The second-order valence-electron chi connectivity index (χ2n) is 7.39. The van der Waals surface area contributed by atoms with Crippen LogP contribution in [-0.4, -0.2) is 64.5 Å². The lowest BCUT2D eigenvalue weighted by atomic mass is 9.86. The standard InChI is InChI=1S/C17H22Cl2N2O3.C2HF3O2/c18-12-1-2-13(22)14(15(12)19)16(23)10-4-7-21(8-5-10)17(24)11-3-6-20-9-11;3-2(4,5)1(6)7/h1-2,10-11,16,20,22-23H,3-9H2;(H,6,7)/t11-,16?;/m1./s1. The van der Waals surface area contributed by atoms with Crippen LogP contribution < -0.4 is 5.32 Å². The van der Waals surface area contributed by atoms with Gasteiger partial charge in [0.15, 0.2) is 0 Å². The molecular formula is C19H23Cl2F3N2O5. The van der Waals surface area contributed by atoms with Crippen LogP contribution in [0.5, 0.6) is 5.75 Å². The molecule has 7 nitrogen and oxygen atoms in total. The van der Waals surface area contributed by atoms with Crippen molar-refractivity contribution < 1.29 is 38.1 Å². The highest BCUT2D eigenvalue weighted by molar-refractivity contribution is 6.42. The number of carbonyl (C=O) groups excluding carboxylic acids is 1. The van der Waals surface area contributed by atoms with Gasteiger partial charge in [-0.2, -0.15) is 13.2 Å². The van der Waals surface area contributed by atoms with Gasteiger partial charge in [-0.15, -0.1) is 0 Å². The van der Waals surface area contributed by atoms with Crippen molar-refractivity contribution in [3.8, 4) is 5.75 Å². The van der Waals surface area contributed by atoms with E-state index in [1.807, 2.05) is 4.90 Å². The summed E-state index contributed by atoms with van der Waals surface area (Å²) in [5, 5.41) is 31.5. The predicted molar refractivity (Wildman–Crippen MR) is 107 cm³/mol. The zero-order valence-electron chi connectivity index (χ0n) is 16.3. The lowest BCUT2D eigenvalue weighted by Crippen LogP contribution is -2.43. The maximum atomic E-state index is 12.4. The molecule has 2 aliphatic rings. The Labute approximate surface area is 186 Å². The molecule has 4 N–H and O–H groups in total. The smallest absolute Gasteiger partial charge is 0.490 e. The number of carboxylic acids is 1. The number of alkyl halides is 3. The van der Waals surface area contributed by atoms with Gasteiger partial charge in [-0.25, -0.2) is 4.79 Å². The highest BCUT2D eigenvalue weighted by atomic mass is 35.5. The average Bonchev–Trinajstić information content (AvgIpc) is 3.25. The Morgan fingerprint density at radius 3 is 2.23 bits per heavy atom. The van der Waals surface area contributed by atoms with E-state index in [0.717, 1.165) is 19.5 Å². The van der Waals surface area contributed by atoms with Crippen LogP contribution in [0.15, 0.2) is 12.1 Å². The second kappa shape index (κ2) is 10.7. The number of benzene rings is 1. The molecule has 31 heavy (non-hydrogen) atoms. The number of aliphatic carboxylic acids is 1. The lowest BCUT2D eigenvalue weighted by molar-refractivity contribution is -0.192. The van der Waals surface area contributed by atoms with Crippen LogP contribution in [0.25, 0.3) is 0 Å². The Bertz CT molecular complexity index is 795. The van der Waals surface area contributed by atoms with Gasteiger partial charge in [-0.1, -0.05) is 23.2 Å². The largest absolute Gasteiger partial charge is 0.508 e. The number of nitrogens with zero attached hydrogens (tertiary/aromatic N) is 1. The Balaban J connectivity index is 0.000000423. The maximum absolute atomic E-state index is 12.4. The van der Waals surface area contributed by atoms with Crippen molar-refractivity contribution in [3.05, 3.63) is 27.7 Å². The van der Waals surface area contributed by atoms with Gasteiger partial charge < -0.3 is 25.5 Å². The van der Waals surface area contributed by atoms with Crippen LogP contribution in [0.2, 0.25) is 10.0 Å². The van der Waals surface area contributed by atoms with E-state index in [0.29, 0.717) is 31.0 Å². The number of nitrogens with one attached hydrogen (secondary N) is 1. The van der Waals surface area contributed by atoms with E-state index in [4.69, 9.17) is 33.1 Å². The first-order valence-electron chi connectivity index (χ1n) is 9.58. The Morgan fingerprint density at radius 2 is 1.74 bits per heavy atom. The summed E-state index contributed by atoms with van der Waals surface area (Å²) >= 11 is 12.1. The summed E-state index contributed by atoms with van der Waals surface area (Å²) in [6.07, 6.45) is -3.72. The van der Waals surface area contributed by atoms with Crippen LogP contribution in [0.4, 0.5) is 13.2 Å². The molecule has 1 aromatic carbocycles. The first kappa shape index (κ1) is 25.5. The minimum Gasteiger partial charge on any atom is -0.508 e. The van der Waals surface area contributed by atoms with Gasteiger partial charge in [-0.3, -0.25) is 4.79 Å². The van der Waals surface area contributed by atoms with Gasteiger partial charge in [0.25, 0.3) is 0 Å². The number of aliphatic hydroxyl groups excluding tert-OH is 1. The van der Waals surface area contributed by atoms with Gasteiger partial charge in [0.05, 0.1) is 22.1 Å². The molecule has 3 rings (SSSR count). The molecule has 1 unspecified atom stereocenters. The Morgan fingerprint density at radius 1 is 1.16 bits per heavy atom. The summed E-state index contributed by atoms with van der Waals surface area (Å²) in [5.74, 6) is -2.58. The molecule has 0 bridgehead atoms. The number of hydrogen-bond acceptors (Lipinski definition) is 5. The summed E-state index contributed by atoms with van der Waals surface area (Å²) in [6, 6.07) is 2.95. The van der Waals surface area contributed by atoms with E-state index in [2.05, 4.69) is 5.32 Å². The second-order valence-corrected chi connectivity index (χ2v) is 8.18. The third kappa shape index (κ3) is 6.61. The summed E-state index contributed by atoms with van der Waals surface area (Å²) in [7, 11) is 0. The minimum absolute atomic E-state index is 0.0487. The van der Waals surface area contributed by atoms with Crippen molar-refractivity contribution in [2.75, 3.05) is 26.2 Å². The summed E-state index contributed by atoms with van der Waals surface area (Å²) in [4.78, 5) is 23.2. The zero-order valence-corrected chi connectivity index (χ0v) is 17.8. The molecule has 2 atom stereocenters. The Hall–Kier alpha value is -1.75. The van der Waals surface area contributed by atoms with Gasteiger partial charge in [-0.05, 0) is 43.9 Å². The van der Waals surface area contributed by atoms with E-state index in [-0.39, 0.29) is 34.1 Å². The lowest BCUT2D eigenvalue weighted by Gasteiger charge is -2.35. The quantitative estimate of drug-likeness (QED) is 0.522. The number of likely N-dealkylation sites (tertiary alicyclic amines) is 1. The monoisotopic (exact) mass is 486 g/mol. The third-order valence-corrected chi connectivity index (χ3v) is 6.17. The highest BCUT2D eigenvalue weighted by Gasteiger charge is 2.38. The summed E-state index contributed by atoms with van der Waals surface area (Å²) in [5.41, 5.74) is 0.286. The number of piperidine rings is 1. The van der Waals surface area contributed by atoms with Gasteiger partial charge in [0.2, 0.25) is 5.91 Å². The molecule has 2 fully saturated rings. The molecule has 2 heterocycles. The molecule has 0 aromatic heterocycles. The first-order valence-corrected chi connectivity index (χ1v) is 10.3. The maximum Gasteiger partial charge on any atom is 0.490 e. The normalized spacial score (nSPS) is 20.7. The highest BCUT2D eigenvalue weighted by Crippen LogP contribution is 2.42. The fourth-order valence-corrected chi connectivity index (χ4v) is 4.07. The molecule has 0 aliphatic carbocycles. The van der Waals surface area contributed by atoms with Crippen LogP contribution >= 0.6 is 23.2 Å². The molecule has 1 amide bonds.